The summed E-state index contributed by atoms with van der Waals surface area (Å²) in [5, 5.41) is 1.80. The Morgan fingerprint density at radius 2 is 1.69 bits per heavy atom. The number of nitrogens with one attached hydrogen (secondary N) is 1. The Morgan fingerprint density at radius 3 is 2.12 bits per heavy atom. The number of amides is 2. The monoisotopic (exact) mass is 242 g/mol. The average molecular weight is 242 g/mol. The quantitative estimate of drug-likeness (QED) is 0.648. The first kappa shape index (κ1) is 13.1. The molecule has 16 heavy (non-hydrogen) atoms. The lowest BCUT2D eigenvalue weighted by Crippen LogP contribution is -2.53. The van der Waals surface area contributed by atoms with Crippen molar-refractivity contribution >= 4 is 6.03 Å². The minimum atomic E-state index is -4.22. The van der Waals surface area contributed by atoms with Crippen molar-refractivity contribution in [3.63, 3.8) is 0 Å². The number of hydrogen-bond acceptors (Lipinski definition) is 1. The van der Waals surface area contributed by atoms with E-state index in [2.05, 4.69) is 0 Å². The average Bonchev–Trinajstić information content (AvgIpc) is 2.14. The molecule has 1 saturated heterocycles. The van der Waals surface area contributed by atoms with Crippen LogP contribution < -0.4 is 5.32 Å². The van der Waals surface area contributed by atoms with Crippen LogP contribution in [-0.2, 0) is 0 Å². The molecule has 94 valence electrons. The van der Waals surface area contributed by atoms with Crippen molar-refractivity contribution in [1.82, 2.24) is 10.2 Å². The van der Waals surface area contributed by atoms with Gasteiger partial charge in [0.05, 0.1) is 13.1 Å². The molecule has 1 N–H and O–H groups in total. The first-order valence-corrected chi connectivity index (χ1v) is 4.78. The van der Waals surface area contributed by atoms with Gasteiger partial charge in [0.2, 0.25) is 0 Å². The number of rotatable bonds is 0. The Labute approximate surface area is 90.8 Å². The van der Waals surface area contributed by atoms with Gasteiger partial charge in [-0.25, -0.2) is 4.79 Å². The van der Waals surface area contributed by atoms with E-state index in [9.17, 15) is 22.4 Å². The second-order valence-electron chi connectivity index (χ2n) is 4.82. The highest BCUT2D eigenvalue weighted by atomic mass is 19.3. The first-order valence-electron chi connectivity index (χ1n) is 4.78. The fraction of sp³-hybridized carbons (Fsp3) is 0.889. The molecule has 0 atom stereocenters. The molecule has 1 aliphatic rings. The smallest absolute Gasteiger partial charge is 0.329 e. The number of urea groups is 1. The van der Waals surface area contributed by atoms with Crippen LogP contribution in [0.3, 0.4) is 0 Å². The number of hydrogen-bond donors (Lipinski definition) is 1. The standard InChI is InChI=1S/C9H14F4N2O/c1-7(2,3)15-5-9(12,13)8(10,11)4-14-6(15)16/h4-5H2,1-3H3,(H,14,16). The predicted octanol–water partition coefficient (Wildman–Crippen LogP) is 2.08. The molecule has 0 spiro atoms. The first-order chi connectivity index (χ1) is 6.97. The van der Waals surface area contributed by atoms with E-state index in [1.165, 1.54) is 20.8 Å². The Hall–Kier alpha value is -1.01. The van der Waals surface area contributed by atoms with Crippen molar-refractivity contribution in [2.45, 2.75) is 38.2 Å². The molecule has 0 aromatic heterocycles. The minimum Gasteiger partial charge on any atom is -0.332 e. The van der Waals surface area contributed by atoms with Crippen LogP contribution in [0.1, 0.15) is 20.8 Å². The Bertz CT molecular complexity index is 298. The van der Waals surface area contributed by atoms with E-state index < -0.39 is 36.5 Å². The molecule has 0 unspecified atom stereocenters. The largest absolute Gasteiger partial charge is 0.332 e. The van der Waals surface area contributed by atoms with Crippen molar-refractivity contribution in [3.05, 3.63) is 0 Å². The van der Waals surface area contributed by atoms with E-state index in [1.54, 1.807) is 5.32 Å². The van der Waals surface area contributed by atoms with Crippen LogP contribution in [0.5, 0.6) is 0 Å². The second kappa shape index (κ2) is 3.49. The fourth-order valence-corrected chi connectivity index (χ4v) is 1.34. The molecule has 3 nitrogen and oxygen atoms in total. The summed E-state index contributed by atoms with van der Waals surface area (Å²) in [6.45, 7) is 1.89. The summed E-state index contributed by atoms with van der Waals surface area (Å²) >= 11 is 0. The Morgan fingerprint density at radius 1 is 1.19 bits per heavy atom. The van der Waals surface area contributed by atoms with Gasteiger partial charge in [0.1, 0.15) is 0 Å². The van der Waals surface area contributed by atoms with Gasteiger partial charge in [0.15, 0.2) is 0 Å². The summed E-state index contributed by atoms with van der Waals surface area (Å²) in [6.07, 6.45) is 0. The van der Waals surface area contributed by atoms with E-state index in [-0.39, 0.29) is 0 Å². The molecule has 2 amide bonds. The van der Waals surface area contributed by atoms with Gasteiger partial charge in [0, 0.05) is 5.54 Å². The summed E-state index contributed by atoms with van der Waals surface area (Å²) in [6, 6.07) is -0.899. The fourth-order valence-electron chi connectivity index (χ4n) is 1.34. The van der Waals surface area contributed by atoms with Gasteiger partial charge in [0.25, 0.3) is 0 Å². The molecule has 0 bridgehead atoms. The van der Waals surface area contributed by atoms with Gasteiger partial charge in [-0.05, 0) is 20.8 Å². The van der Waals surface area contributed by atoms with Crippen LogP contribution in [-0.4, -0.2) is 41.4 Å². The lowest BCUT2D eigenvalue weighted by Gasteiger charge is -2.36. The number of halogens is 4. The molecule has 0 aliphatic carbocycles. The highest BCUT2D eigenvalue weighted by molar-refractivity contribution is 5.75. The number of nitrogens with zero attached hydrogens (tertiary/aromatic N) is 1. The topological polar surface area (TPSA) is 32.3 Å². The number of carbonyl (C=O) groups is 1. The summed E-state index contributed by atoms with van der Waals surface area (Å²) in [7, 11) is 0. The van der Waals surface area contributed by atoms with Crippen LogP contribution in [0.4, 0.5) is 22.4 Å². The van der Waals surface area contributed by atoms with E-state index >= 15 is 0 Å². The molecule has 0 aromatic rings. The van der Waals surface area contributed by atoms with Crippen molar-refractivity contribution in [3.8, 4) is 0 Å². The van der Waals surface area contributed by atoms with Crippen molar-refractivity contribution in [2.75, 3.05) is 13.1 Å². The SMILES string of the molecule is CC(C)(C)N1CC(F)(F)C(F)(F)CNC1=O. The Kier molecular flexibility index (Phi) is 2.85. The van der Waals surface area contributed by atoms with Crippen LogP contribution >= 0.6 is 0 Å². The maximum absolute atomic E-state index is 13.2. The third-order valence-electron chi connectivity index (χ3n) is 2.41. The lowest BCUT2D eigenvalue weighted by atomic mass is 10.0. The molecule has 1 rings (SSSR count). The van der Waals surface area contributed by atoms with E-state index in [4.69, 9.17) is 0 Å². The van der Waals surface area contributed by atoms with Gasteiger partial charge in [-0.2, -0.15) is 17.6 Å². The zero-order valence-electron chi connectivity index (χ0n) is 9.28. The van der Waals surface area contributed by atoms with Crippen LogP contribution in [0.2, 0.25) is 0 Å². The molecule has 1 heterocycles. The molecule has 1 aliphatic heterocycles. The van der Waals surface area contributed by atoms with Gasteiger partial charge >= 0.3 is 17.9 Å². The summed E-state index contributed by atoms with van der Waals surface area (Å²) in [4.78, 5) is 12.1. The molecular formula is C9H14F4N2O. The van der Waals surface area contributed by atoms with Gasteiger partial charge in [-0.15, -0.1) is 0 Å². The summed E-state index contributed by atoms with van der Waals surface area (Å²) in [5.41, 5.74) is -0.937. The van der Waals surface area contributed by atoms with Crippen LogP contribution in [0, 0.1) is 0 Å². The Balaban J connectivity index is 3.05. The minimum absolute atomic E-state index is 0.716. The summed E-state index contributed by atoms with van der Waals surface area (Å²) < 4.78 is 52.4. The van der Waals surface area contributed by atoms with Gasteiger partial charge in [-0.1, -0.05) is 0 Å². The highest BCUT2D eigenvalue weighted by Crippen LogP contribution is 2.37. The van der Waals surface area contributed by atoms with E-state index in [0.29, 0.717) is 4.90 Å². The highest BCUT2D eigenvalue weighted by Gasteiger charge is 2.60. The van der Waals surface area contributed by atoms with Crippen molar-refractivity contribution < 1.29 is 22.4 Å². The molecule has 7 heteroatoms. The normalized spacial score (nSPS) is 24.9. The van der Waals surface area contributed by atoms with Gasteiger partial charge < -0.3 is 10.2 Å². The molecule has 0 aromatic carbocycles. The lowest BCUT2D eigenvalue weighted by molar-refractivity contribution is -0.206. The molecule has 0 saturated carbocycles. The van der Waals surface area contributed by atoms with Crippen LogP contribution in [0.15, 0.2) is 0 Å². The molecule has 1 fully saturated rings. The van der Waals surface area contributed by atoms with Crippen LogP contribution in [0.25, 0.3) is 0 Å². The zero-order valence-corrected chi connectivity index (χ0v) is 9.28. The predicted molar refractivity (Wildman–Crippen MR) is 49.8 cm³/mol. The van der Waals surface area contributed by atoms with E-state index in [1.807, 2.05) is 0 Å². The van der Waals surface area contributed by atoms with E-state index in [0.717, 1.165) is 0 Å². The second-order valence-corrected chi connectivity index (χ2v) is 4.82. The number of alkyl halides is 4. The molecule has 0 radical (unpaired) electrons. The maximum atomic E-state index is 13.2. The third-order valence-corrected chi connectivity index (χ3v) is 2.41. The van der Waals surface area contributed by atoms with Crippen molar-refractivity contribution in [1.29, 1.82) is 0 Å². The zero-order chi connectivity index (χ0) is 12.8. The van der Waals surface area contributed by atoms with Crippen molar-refractivity contribution in [2.24, 2.45) is 0 Å². The third kappa shape index (κ3) is 2.22. The molecular weight excluding hydrogens is 228 g/mol. The van der Waals surface area contributed by atoms with Gasteiger partial charge in [-0.3, -0.25) is 0 Å². The number of carbonyl (C=O) groups excluding carboxylic acids is 1. The summed E-state index contributed by atoms with van der Waals surface area (Å²) in [5.74, 6) is -8.44. The maximum Gasteiger partial charge on any atom is 0.329 e.